The largest absolute Gasteiger partial charge is 0.460 e. The van der Waals surface area contributed by atoms with Gasteiger partial charge in [0, 0.05) is 6.42 Å². The number of benzene rings is 1. The monoisotopic (exact) mass is 277 g/mol. The van der Waals surface area contributed by atoms with E-state index in [4.69, 9.17) is 9.47 Å². The highest BCUT2D eigenvalue weighted by molar-refractivity contribution is 7.16. The molecule has 1 aliphatic heterocycles. The van der Waals surface area contributed by atoms with Crippen LogP contribution < -0.4 is 0 Å². The van der Waals surface area contributed by atoms with Crippen LogP contribution in [0.1, 0.15) is 23.7 Å². The second kappa shape index (κ2) is 4.62. The summed E-state index contributed by atoms with van der Waals surface area (Å²) in [6.07, 6.45) is -0.582. The Balaban J connectivity index is 1.78. The first kappa shape index (κ1) is 12.1. The first-order chi connectivity index (χ1) is 9.13. The van der Waals surface area contributed by atoms with Crippen LogP contribution in [0.2, 0.25) is 0 Å². The van der Waals surface area contributed by atoms with Crippen LogP contribution in [0.25, 0.3) is 10.2 Å². The summed E-state index contributed by atoms with van der Waals surface area (Å²) in [5.41, 5.74) is 2.98. The van der Waals surface area contributed by atoms with Crippen LogP contribution in [0.3, 0.4) is 0 Å². The Morgan fingerprint density at radius 3 is 3.11 bits per heavy atom. The quantitative estimate of drug-likeness (QED) is 0.787. The highest BCUT2D eigenvalue weighted by atomic mass is 32.1. The van der Waals surface area contributed by atoms with Gasteiger partial charge < -0.3 is 9.47 Å². The first-order valence-corrected chi connectivity index (χ1v) is 6.76. The molecule has 5 nitrogen and oxygen atoms in total. The van der Waals surface area contributed by atoms with Gasteiger partial charge in [-0.25, -0.2) is 14.6 Å². The number of aromatic nitrogens is 1. The molecule has 1 aromatic carbocycles. The van der Waals surface area contributed by atoms with Crippen LogP contribution in [0.5, 0.6) is 0 Å². The smallest absolute Gasteiger partial charge is 0.347 e. The van der Waals surface area contributed by atoms with Gasteiger partial charge in [-0.15, -0.1) is 11.3 Å². The van der Waals surface area contributed by atoms with Gasteiger partial charge in [-0.1, -0.05) is 0 Å². The number of esters is 2. The molecule has 2 aromatic rings. The van der Waals surface area contributed by atoms with Crippen molar-refractivity contribution in [3.63, 3.8) is 0 Å². The molecule has 2 unspecified atom stereocenters. The predicted molar refractivity (Wildman–Crippen MR) is 69.0 cm³/mol. The van der Waals surface area contributed by atoms with Crippen molar-refractivity contribution >= 4 is 33.5 Å². The number of carbonyl (C=O) groups is 2. The lowest BCUT2D eigenvalue weighted by molar-refractivity contribution is -0.147. The molecule has 2 heterocycles. The van der Waals surface area contributed by atoms with Crippen molar-refractivity contribution in [2.75, 3.05) is 0 Å². The third-order valence-electron chi connectivity index (χ3n) is 2.94. The number of nitrogens with zero attached hydrogens (tertiary/aromatic N) is 1. The van der Waals surface area contributed by atoms with E-state index in [-0.39, 0.29) is 6.10 Å². The van der Waals surface area contributed by atoms with Crippen LogP contribution in [0.15, 0.2) is 23.7 Å². The number of rotatable bonds is 2. The van der Waals surface area contributed by atoms with Crippen molar-refractivity contribution in [1.82, 2.24) is 4.98 Å². The fourth-order valence-electron chi connectivity index (χ4n) is 2.00. The molecule has 0 spiro atoms. The van der Waals surface area contributed by atoms with Gasteiger partial charge in [0.2, 0.25) is 6.10 Å². The Bertz CT molecular complexity index is 651. The average molecular weight is 277 g/mol. The van der Waals surface area contributed by atoms with Gasteiger partial charge in [-0.2, -0.15) is 0 Å². The summed E-state index contributed by atoms with van der Waals surface area (Å²) in [6.45, 7) is 1.77. The molecule has 3 rings (SSSR count). The molecule has 1 fully saturated rings. The van der Waals surface area contributed by atoms with Crippen molar-refractivity contribution in [3.05, 3.63) is 29.3 Å². The van der Waals surface area contributed by atoms with E-state index in [2.05, 4.69) is 4.98 Å². The molecule has 0 amide bonds. The molecule has 0 aliphatic carbocycles. The second-order valence-corrected chi connectivity index (χ2v) is 5.30. The van der Waals surface area contributed by atoms with E-state index < -0.39 is 18.0 Å². The third-order valence-corrected chi connectivity index (χ3v) is 3.73. The van der Waals surface area contributed by atoms with Gasteiger partial charge >= 0.3 is 11.9 Å². The van der Waals surface area contributed by atoms with Gasteiger partial charge in [-0.05, 0) is 25.1 Å². The zero-order valence-electron chi connectivity index (χ0n) is 10.2. The SMILES string of the molecule is CC1CC(OC(=O)c2ccc3ncsc3c2)C(=O)O1. The van der Waals surface area contributed by atoms with E-state index >= 15 is 0 Å². The molecule has 1 saturated heterocycles. The third kappa shape index (κ3) is 2.31. The van der Waals surface area contributed by atoms with Gasteiger partial charge in [0.05, 0.1) is 21.3 Å². The predicted octanol–water partition coefficient (Wildman–Crippen LogP) is 2.16. The first-order valence-electron chi connectivity index (χ1n) is 5.88. The minimum Gasteiger partial charge on any atom is -0.460 e. The van der Waals surface area contributed by atoms with Gasteiger partial charge in [0.15, 0.2) is 0 Å². The summed E-state index contributed by atoms with van der Waals surface area (Å²) < 4.78 is 11.0. The summed E-state index contributed by atoms with van der Waals surface area (Å²) >= 11 is 1.45. The van der Waals surface area contributed by atoms with Crippen LogP contribution in [-0.2, 0) is 14.3 Å². The summed E-state index contributed by atoms with van der Waals surface area (Å²) in [4.78, 5) is 27.5. The maximum atomic E-state index is 12.0. The van der Waals surface area contributed by atoms with Gasteiger partial charge in [0.1, 0.15) is 6.10 Å². The zero-order chi connectivity index (χ0) is 13.4. The fraction of sp³-hybridized carbons (Fsp3) is 0.308. The lowest BCUT2D eigenvalue weighted by Gasteiger charge is -2.08. The molecule has 6 heteroatoms. The van der Waals surface area contributed by atoms with E-state index in [1.165, 1.54) is 11.3 Å². The van der Waals surface area contributed by atoms with E-state index in [0.29, 0.717) is 12.0 Å². The van der Waals surface area contributed by atoms with E-state index in [9.17, 15) is 9.59 Å². The standard InChI is InChI=1S/C13H11NO4S/c1-7-4-10(13(16)17-7)18-12(15)8-2-3-9-11(5-8)19-6-14-9/h2-3,5-7,10H,4H2,1H3. The minimum atomic E-state index is -0.792. The Morgan fingerprint density at radius 1 is 1.53 bits per heavy atom. The van der Waals surface area contributed by atoms with Crippen molar-refractivity contribution in [2.45, 2.75) is 25.6 Å². The van der Waals surface area contributed by atoms with E-state index in [1.807, 2.05) is 0 Å². The summed E-state index contributed by atoms with van der Waals surface area (Å²) in [5.74, 6) is -0.980. The molecule has 0 saturated carbocycles. The van der Waals surface area contributed by atoms with Crippen LogP contribution >= 0.6 is 11.3 Å². The molecule has 19 heavy (non-hydrogen) atoms. The lowest BCUT2D eigenvalue weighted by atomic mass is 10.2. The van der Waals surface area contributed by atoms with E-state index in [1.54, 1.807) is 30.6 Å². The van der Waals surface area contributed by atoms with Gasteiger partial charge in [0.25, 0.3) is 0 Å². The van der Waals surface area contributed by atoms with Crippen molar-refractivity contribution in [1.29, 1.82) is 0 Å². The van der Waals surface area contributed by atoms with Crippen LogP contribution in [0.4, 0.5) is 0 Å². The molecule has 0 radical (unpaired) electrons. The highest BCUT2D eigenvalue weighted by Gasteiger charge is 2.35. The number of hydrogen-bond acceptors (Lipinski definition) is 6. The normalized spacial score (nSPS) is 22.5. The maximum absolute atomic E-state index is 12.0. The van der Waals surface area contributed by atoms with Crippen molar-refractivity contribution in [3.8, 4) is 0 Å². The number of cyclic esters (lactones) is 1. The zero-order valence-corrected chi connectivity index (χ0v) is 11.0. The second-order valence-electron chi connectivity index (χ2n) is 4.41. The number of fused-ring (bicyclic) bond motifs is 1. The molecular formula is C13H11NO4S. The molecular weight excluding hydrogens is 266 g/mol. The molecule has 1 aliphatic rings. The van der Waals surface area contributed by atoms with Crippen LogP contribution in [0, 0.1) is 0 Å². The summed E-state index contributed by atoms with van der Waals surface area (Å²) in [5, 5.41) is 0. The van der Waals surface area contributed by atoms with Crippen LogP contribution in [-0.4, -0.2) is 29.1 Å². The van der Waals surface area contributed by atoms with Crippen molar-refractivity contribution in [2.24, 2.45) is 0 Å². The Morgan fingerprint density at radius 2 is 2.37 bits per heavy atom. The molecule has 0 bridgehead atoms. The van der Waals surface area contributed by atoms with Gasteiger partial charge in [-0.3, -0.25) is 0 Å². The molecule has 0 N–H and O–H groups in total. The lowest BCUT2D eigenvalue weighted by Crippen LogP contribution is -2.22. The Hall–Kier alpha value is -1.95. The summed E-state index contributed by atoms with van der Waals surface area (Å²) in [7, 11) is 0. The molecule has 1 aromatic heterocycles. The number of ether oxygens (including phenoxy) is 2. The Labute approximate surface area is 113 Å². The van der Waals surface area contributed by atoms with Crippen molar-refractivity contribution < 1.29 is 19.1 Å². The molecule has 2 atom stereocenters. The topological polar surface area (TPSA) is 65.5 Å². The van der Waals surface area contributed by atoms with E-state index in [0.717, 1.165) is 10.2 Å². The minimum absolute atomic E-state index is 0.200. The highest BCUT2D eigenvalue weighted by Crippen LogP contribution is 2.22. The Kier molecular flexibility index (Phi) is 2.94. The average Bonchev–Trinajstić information content (AvgIpc) is 2.95. The number of carbonyl (C=O) groups excluding carboxylic acids is 2. The fourth-order valence-corrected chi connectivity index (χ4v) is 2.71. The summed E-state index contributed by atoms with van der Waals surface area (Å²) in [6, 6.07) is 5.13. The molecule has 98 valence electrons. The maximum Gasteiger partial charge on any atom is 0.347 e. The number of thiazole rings is 1. The number of hydrogen-bond donors (Lipinski definition) is 0.